The highest BCUT2D eigenvalue weighted by molar-refractivity contribution is 7.99. The van der Waals surface area contributed by atoms with Crippen LogP contribution >= 0.6 is 32.0 Å². The van der Waals surface area contributed by atoms with Crippen LogP contribution in [0.5, 0.6) is 0 Å². The van der Waals surface area contributed by atoms with Crippen LogP contribution in [-0.2, 0) is 74.4 Å². The zero-order valence-electron chi connectivity index (χ0n) is 46.3. The van der Waals surface area contributed by atoms with Crippen molar-refractivity contribution in [3.63, 3.8) is 0 Å². The first-order valence-corrected chi connectivity index (χ1v) is 29.7. The van der Waals surface area contributed by atoms with Crippen LogP contribution in [0, 0.1) is 17.6 Å². The number of anilines is 2. The number of amides is 4. The number of carbonyl (C=O) groups is 4. The Labute approximate surface area is 496 Å². The van der Waals surface area contributed by atoms with Crippen LogP contribution in [0.3, 0.4) is 0 Å². The molecule has 1 saturated carbocycles. The van der Waals surface area contributed by atoms with Crippen LogP contribution in [0.2, 0.25) is 5.02 Å². The van der Waals surface area contributed by atoms with Crippen LogP contribution in [0.25, 0.3) is 22.0 Å². The third-order valence-corrected chi connectivity index (χ3v) is 16.0. The molecule has 20 nitrogen and oxygen atoms in total. The van der Waals surface area contributed by atoms with Gasteiger partial charge in [0.25, 0.3) is 5.92 Å². The molecule has 1 fully saturated rings. The number of benzene rings is 2. The number of halogens is 11. The van der Waals surface area contributed by atoms with E-state index in [0.717, 1.165) is 42.6 Å². The fourth-order valence-electron chi connectivity index (χ4n) is 9.44. The number of aryl methyl sites for hydroxylation is 1. The number of alkyl halides is 8. The SMILES string of the molecule is CCc1ccc(-c2ccc(Cl)c3c(N(C(=O)N(C)c4ncccc4CN(CC(=O)O)C(=O)OCOP(O)O)S(C)=O)nn(CC(F)(F)F)c23)c(C(Cc2cc(F)cc(F)c2)NC(=O)Cn2nc(C(F)(F)F)c3c2C(F)(F)[C@@H]2C[C@H]32)n1.CSC(C)(C)C. The molecule has 6 aromatic rings. The summed E-state index contributed by atoms with van der Waals surface area (Å²) in [4.78, 5) is 81.7. The van der Waals surface area contributed by atoms with Gasteiger partial charge in [0, 0.05) is 64.2 Å². The molecule has 4 N–H and O–H groups in total. The third kappa shape index (κ3) is 15.5. The molecule has 2 aromatic carbocycles. The van der Waals surface area contributed by atoms with Gasteiger partial charge in [0.2, 0.25) is 12.7 Å². The summed E-state index contributed by atoms with van der Waals surface area (Å²) in [5.41, 5.74) is -4.61. The van der Waals surface area contributed by atoms with E-state index >= 15 is 8.78 Å². The second-order valence-corrected chi connectivity index (χ2v) is 24.5. The summed E-state index contributed by atoms with van der Waals surface area (Å²) < 4.78 is 172. The monoisotopic (exact) mass is 1300 g/mol. The lowest BCUT2D eigenvalue weighted by Crippen LogP contribution is -2.43. The van der Waals surface area contributed by atoms with Crippen molar-refractivity contribution >= 4 is 89.5 Å². The van der Waals surface area contributed by atoms with E-state index in [-0.39, 0.29) is 57.0 Å². The molecule has 0 bridgehead atoms. The summed E-state index contributed by atoms with van der Waals surface area (Å²) in [5.74, 6) is -12.5. The average molecular weight is 1300 g/mol. The van der Waals surface area contributed by atoms with Crippen LogP contribution < -0.4 is 14.5 Å². The maximum absolute atomic E-state index is 15.6. The molecule has 0 spiro atoms. The Hall–Kier alpha value is -6.70. The van der Waals surface area contributed by atoms with Gasteiger partial charge < -0.3 is 24.9 Å². The van der Waals surface area contributed by atoms with E-state index in [1.165, 1.54) is 30.3 Å². The zero-order chi connectivity index (χ0) is 63.7. The van der Waals surface area contributed by atoms with Gasteiger partial charge in [-0.1, -0.05) is 57.5 Å². The second-order valence-electron chi connectivity index (χ2n) is 20.5. The number of fused-ring (bicyclic) bond motifs is 4. The van der Waals surface area contributed by atoms with E-state index in [1.54, 1.807) is 6.92 Å². The molecule has 2 aliphatic rings. The number of pyridine rings is 2. The Morgan fingerprint density at radius 1 is 0.977 bits per heavy atom. The lowest BCUT2D eigenvalue weighted by molar-refractivity contribution is -0.143. The number of nitrogens with zero attached hydrogens (tertiary/aromatic N) is 9. The van der Waals surface area contributed by atoms with Gasteiger partial charge in [0.1, 0.15) is 53.8 Å². The maximum atomic E-state index is 15.6. The molecule has 0 aliphatic heterocycles. The number of thioether (sulfide) groups is 1. The first kappa shape index (κ1) is 66.8. The van der Waals surface area contributed by atoms with Gasteiger partial charge in [-0.2, -0.15) is 61.4 Å². The van der Waals surface area contributed by atoms with E-state index in [9.17, 15) is 63.6 Å². The van der Waals surface area contributed by atoms with E-state index in [2.05, 4.69) is 57.0 Å². The highest BCUT2D eigenvalue weighted by atomic mass is 35.5. The van der Waals surface area contributed by atoms with Crippen molar-refractivity contribution in [3.8, 4) is 11.1 Å². The van der Waals surface area contributed by atoms with Crippen molar-refractivity contribution in [2.24, 2.45) is 5.92 Å². The lowest BCUT2D eigenvalue weighted by Gasteiger charge is -2.27. The molecule has 0 saturated heterocycles. The summed E-state index contributed by atoms with van der Waals surface area (Å²) in [7, 11) is -4.48. The predicted octanol–water partition coefficient (Wildman–Crippen LogP) is 10.8. The Bertz CT molecular complexity index is 3550. The summed E-state index contributed by atoms with van der Waals surface area (Å²) in [5, 5.41) is 18.8. The fourth-order valence-corrected chi connectivity index (χ4v) is 10.5. The molecule has 0 radical (unpaired) electrons. The molecule has 2 aliphatic carbocycles. The van der Waals surface area contributed by atoms with Gasteiger partial charge in [0.05, 0.1) is 34.2 Å². The molecular weight excluding hydrogens is 1250 g/mol. The van der Waals surface area contributed by atoms with Crippen molar-refractivity contribution in [1.82, 2.24) is 39.7 Å². The fraction of sp³-hybridized carbons (Fsp3) is 0.423. The van der Waals surface area contributed by atoms with Crippen LogP contribution in [-0.4, -0.2) is 121 Å². The molecule has 4 heterocycles. The minimum Gasteiger partial charge on any atom is -0.480 e. The maximum Gasteiger partial charge on any atom is 0.435 e. The third-order valence-electron chi connectivity index (χ3n) is 13.3. The number of carboxylic acid groups (broad SMARTS) is 1. The quantitative estimate of drug-likeness (QED) is 0.0334. The second kappa shape index (κ2) is 26.3. The van der Waals surface area contributed by atoms with Crippen molar-refractivity contribution in [1.29, 1.82) is 0 Å². The topological polar surface area (TPSA) is 248 Å². The predicted molar refractivity (Wildman–Crippen MR) is 296 cm³/mol. The zero-order valence-corrected chi connectivity index (χ0v) is 49.6. The smallest absolute Gasteiger partial charge is 0.435 e. The highest BCUT2D eigenvalue weighted by Gasteiger charge is 2.68. The summed E-state index contributed by atoms with van der Waals surface area (Å²) in [6.07, 6.45) is -8.12. The number of carbonyl (C=O) groups excluding carboxylic acids is 3. The Morgan fingerprint density at radius 2 is 1.63 bits per heavy atom. The van der Waals surface area contributed by atoms with Gasteiger partial charge in [-0.15, -0.1) is 0 Å². The van der Waals surface area contributed by atoms with E-state index in [1.807, 2.05) is 11.8 Å². The number of aromatic nitrogens is 6. The number of rotatable bonds is 19. The number of nitrogens with one attached hydrogen (secondary N) is 1. The molecular formula is C52H54ClF10N10O10PS2. The standard InChI is InChI=1S/C47H42ClF10N10O10PS.C5H12S/c1-4-26-7-8-27(37(60-26)32(14-22-12-24(49)15-25(50)13-22)61-33(69)18-66-40-35(39(62-66)47(56,57)58)29-16-30(29)46(40,54)55)28-9-10-31(48)36-38(28)67(20-45(51,52)53)63-42(36)68(80(3)76)43(72)64(2)41-23(6-5-11-59-41)17-65(19-34(70)71)44(73)77-21-78-79(74)75;1-5(2,3)6-4/h5-13,15,29-30,32,74-75H,4,14,16-21H2,1-3H3,(H,61,69)(H,70,71);1-4H3/t29-,30+,32?,80?;/m0./s1. The van der Waals surface area contributed by atoms with Crippen molar-refractivity contribution in [3.05, 3.63) is 117 Å². The van der Waals surface area contributed by atoms with Gasteiger partial charge in [-0.3, -0.25) is 38.3 Å². The first-order valence-electron chi connectivity index (χ1n) is 25.5. The Kier molecular flexibility index (Phi) is 20.5. The van der Waals surface area contributed by atoms with Gasteiger partial charge >= 0.3 is 39.0 Å². The normalized spacial score (nSPS) is 16.0. The van der Waals surface area contributed by atoms with E-state index < -0.39 is 169 Å². The molecule has 466 valence electrons. The van der Waals surface area contributed by atoms with Crippen molar-refractivity contribution < 1.29 is 91.4 Å². The molecule has 34 heteroatoms. The van der Waals surface area contributed by atoms with E-state index in [0.29, 0.717) is 24.7 Å². The summed E-state index contributed by atoms with van der Waals surface area (Å²) in [6, 6.07) is 7.04. The first-order chi connectivity index (χ1) is 40.0. The lowest BCUT2D eigenvalue weighted by atomic mass is 9.93. The Balaban J connectivity index is 0.00000167. The largest absolute Gasteiger partial charge is 0.480 e. The number of carboxylic acids is 1. The minimum atomic E-state index is -5.20. The van der Waals surface area contributed by atoms with Gasteiger partial charge in [0.15, 0.2) is 11.5 Å². The number of urea groups is 1. The highest BCUT2D eigenvalue weighted by Crippen LogP contribution is 2.68. The molecule has 2 unspecified atom stereocenters. The van der Waals surface area contributed by atoms with Crippen LogP contribution in [0.4, 0.5) is 65.1 Å². The number of hydrogen-bond donors (Lipinski definition) is 4. The Morgan fingerprint density at radius 3 is 2.21 bits per heavy atom. The van der Waals surface area contributed by atoms with Crippen molar-refractivity contribution in [2.75, 3.05) is 42.1 Å². The van der Waals surface area contributed by atoms with Crippen LogP contribution in [0.15, 0.2) is 60.8 Å². The molecule has 4 amide bonds. The minimum absolute atomic E-state index is 0.0733. The molecule has 4 aromatic heterocycles. The number of ether oxygens (including phenoxy) is 1. The number of hydrogen-bond acceptors (Lipinski definition) is 14. The average Bonchev–Trinajstić information content (AvgIpc) is 1.52. The van der Waals surface area contributed by atoms with Gasteiger partial charge in [-0.25, -0.2) is 27.6 Å². The van der Waals surface area contributed by atoms with Gasteiger partial charge in [-0.05, 0) is 67.3 Å². The molecule has 8 rings (SSSR count). The summed E-state index contributed by atoms with van der Waals surface area (Å²) in [6.45, 7) is 2.37. The molecule has 4 atom stereocenters. The van der Waals surface area contributed by atoms with E-state index in [4.69, 9.17) is 26.1 Å². The van der Waals surface area contributed by atoms with Crippen LogP contribution in [0.1, 0.15) is 85.5 Å². The molecule has 86 heavy (non-hydrogen) atoms. The summed E-state index contributed by atoms with van der Waals surface area (Å²) >= 11 is 8.67. The van der Waals surface area contributed by atoms with Crippen molar-refractivity contribution in [2.45, 2.75) is 102 Å². The number of aliphatic carboxylic acids is 1.